The zero-order valence-corrected chi connectivity index (χ0v) is 12.3. The molecular formula is C17H17ClFNO. The van der Waals surface area contributed by atoms with Gasteiger partial charge in [-0.15, -0.1) is 18.8 Å². The van der Waals surface area contributed by atoms with Crippen molar-refractivity contribution < 1.29 is 9.13 Å². The van der Waals surface area contributed by atoms with Crippen LogP contribution < -0.4 is 10.1 Å². The van der Waals surface area contributed by atoms with Crippen molar-refractivity contribution >= 4 is 12.4 Å². The van der Waals surface area contributed by atoms with Crippen LogP contribution in [0.3, 0.4) is 0 Å². The van der Waals surface area contributed by atoms with Crippen molar-refractivity contribution in [3.8, 4) is 18.1 Å². The fraction of sp³-hybridized carbons (Fsp3) is 0.176. The van der Waals surface area contributed by atoms with E-state index in [2.05, 4.69) is 11.2 Å². The Morgan fingerprint density at radius 1 is 1.05 bits per heavy atom. The highest BCUT2D eigenvalue weighted by Gasteiger charge is 1.98. The Morgan fingerprint density at radius 2 is 1.76 bits per heavy atom. The molecule has 2 nitrogen and oxygen atoms in total. The van der Waals surface area contributed by atoms with Crippen LogP contribution in [-0.4, -0.2) is 6.61 Å². The molecule has 0 bridgehead atoms. The number of nitrogens with one attached hydrogen (secondary N) is 1. The van der Waals surface area contributed by atoms with Crippen molar-refractivity contribution in [1.82, 2.24) is 5.32 Å². The summed E-state index contributed by atoms with van der Waals surface area (Å²) in [7, 11) is 0. The number of hydrogen-bond acceptors (Lipinski definition) is 2. The van der Waals surface area contributed by atoms with E-state index in [0.717, 1.165) is 16.9 Å². The fourth-order valence-corrected chi connectivity index (χ4v) is 1.82. The molecule has 0 aliphatic carbocycles. The van der Waals surface area contributed by atoms with Crippen molar-refractivity contribution in [3.63, 3.8) is 0 Å². The summed E-state index contributed by atoms with van der Waals surface area (Å²) in [5, 5.41) is 3.30. The third-order valence-corrected chi connectivity index (χ3v) is 2.79. The molecule has 2 aromatic rings. The molecule has 0 amide bonds. The first-order valence-corrected chi connectivity index (χ1v) is 6.38. The van der Waals surface area contributed by atoms with E-state index in [1.807, 2.05) is 24.3 Å². The molecule has 0 radical (unpaired) electrons. The number of halogens is 2. The number of rotatable bonds is 6. The molecular weight excluding hydrogens is 289 g/mol. The van der Waals surface area contributed by atoms with Crippen LogP contribution in [0.15, 0.2) is 48.5 Å². The van der Waals surface area contributed by atoms with E-state index in [9.17, 15) is 4.39 Å². The Morgan fingerprint density at radius 3 is 2.48 bits per heavy atom. The van der Waals surface area contributed by atoms with Gasteiger partial charge >= 0.3 is 0 Å². The standard InChI is InChI=1S/C17H16FNO.ClH/c1-2-10-20-17-5-3-4-15(11-17)13-19-12-14-6-8-16(18)9-7-14;/h1,3-9,11,19H,10,12-13H2;1H. The van der Waals surface area contributed by atoms with Crippen molar-refractivity contribution in [2.24, 2.45) is 0 Å². The van der Waals surface area contributed by atoms with Crippen LogP contribution in [0, 0.1) is 18.2 Å². The first kappa shape index (κ1) is 17.0. The topological polar surface area (TPSA) is 21.3 Å². The lowest BCUT2D eigenvalue weighted by Crippen LogP contribution is -2.12. The van der Waals surface area contributed by atoms with Crippen LogP contribution in [0.2, 0.25) is 0 Å². The van der Waals surface area contributed by atoms with Gasteiger partial charge in [-0.1, -0.05) is 30.2 Å². The van der Waals surface area contributed by atoms with Gasteiger partial charge < -0.3 is 10.1 Å². The summed E-state index contributed by atoms with van der Waals surface area (Å²) in [6.45, 7) is 1.67. The summed E-state index contributed by atoms with van der Waals surface area (Å²) >= 11 is 0. The quantitative estimate of drug-likeness (QED) is 0.824. The normalized spacial score (nSPS) is 9.52. The first-order valence-electron chi connectivity index (χ1n) is 6.38. The smallest absolute Gasteiger partial charge is 0.148 e. The van der Waals surface area contributed by atoms with Crippen LogP contribution in [0.5, 0.6) is 5.75 Å². The molecule has 0 aliphatic rings. The first-order chi connectivity index (χ1) is 9.78. The maximum atomic E-state index is 12.8. The molecule has 2 aromatic carbocycles. The third-order valence-electron chi connectivity index (χ3n) is 2.79. The average Bonchev–Trinajstić information content (AvgIpc) is 2.48. The van der Waals surface area contributed by atoms with Gasteiger partial charge in [-0.2, -0.15) is 0 Å². The van der Waals surface area contributed by atoms with E-state index < -0.39 is 0 Å². The van der Waals surface area contributed by atoms with Gasteiger partial charge in [-0.25, -0.2) is 4.39 Å². The highest BCUT2D eigenvalue weighted by atomic mass is 35.5. The van der Waals surface area contributed by atoms with Crippen LogP contribution in [0.4, 0.5) is 4.39 Å². The summed E-state index contributed by atoms with van der Waals surface area (Å²) in [5.74, 6) is 2.99. The molecule has 0 atom stereocenters. The second-order valence-electron chi connectivity index (χ2n) is 4.37. The van der Waals surface area contributed by atoms with Gasteiger partial charge in [0.15, 0.2) is 0 Å². The second kappa shape index (κ2) is 9.02. The average molecular weight is 306 g/mol. The summed E-state index contributed by atoms with van der Waals surface area (Å²) in [5.41, 5.74) is 2.16. The lowest BCUT2D eigenvalue weighted by Gasteiger charge is -2.07. The predicted octanol–water partition coefficient (Wildman–Crippen LogP) is 3.55. The van der Waals surface area contributed by atoms with E-state index in [0.29, 0.717) is 13.1 Å². The van der Waals surface area contributed by atoms with Crippen molar-refractivity contribution in [1.29, 1.82) is 0 Å². The maximum Gasteiger partial charge on any atom is 0.148 e. The molecule has 0 saturated heterocycles. The van der Waals surface area contributed by atoms with E-state index in [1.54, 1.807) is 12.1 Å². The monoisotopic (exact) mass is 305 g/mol. The van der Waals surface area contributed by atoms with Gasteiger partial charge in [-0.3, -0.25) is 0 Å². The fourth-order valence-electron chi connectivity index (χ4n) is 1.82. The number of ether oxygens (including phenoxy) is 1. The highest BCUT2D eigenvalue weighted by Crippen LogP contribution is 2.13. The zero-order chi connectivity index (χ0) is 14.2. The molecule has 0 fully saturated rings. The van der Waals surface area contributed by atoms with Crippen LogP contribution in [0.1, 0.15) is 11.1 Å². The molecule has 21 heavy (non-hydrogen) atoms. The molecule has 1 N–H and O–H groups in total. The number of hydrogen-bond donors (Lipinski definition) is 1. The molecule has 0 saturated carbocycles. The van der Waals surface area contributed by atoms with Gasteiger partial charge in [0.2, 0.25) is 0 Å². The molecule has 110 valence electrons. The number of benzene rings is 2. The van der Waals surface area contributed by atoms with Gasteiger partial charge in [-0.05, 0) is 35.4 Å². The minimum Gasteiger partial charge on any atom is -0.481 e. The number of terminal acetylenes is 1. The molecule has 0 unspecified atom stereocenters. The Kier molecular flexibility index (Phi) is 7.31. The van der Waals surface area contributed by atoms with E-state index in [1.165, 1.54) is 12.1 Å². The van der Waals surface area contributed by atoms with Gasteiger partial charge in [0.1, 0.15) is 18.2 Å². The minimum absolute atomic E-state index is 0. The van der Waals surface area contributed by atoms with Crippen molar-refractivity contribution in [2.45, 2.75) is 13.1 Å². The maximum absolute atomic E-state index is 12.8. The Labute approximate surface area is 130 Å². The van der Waals surface area contributed by atoms with Crippen molar-refractivity contribution in [2.75, 3.05) is 6.61 Å². The summed E-state index contributed by atoms with van der Waals surface area (Å²) in [6, 6.07) is 14.2. The van der Waals surface area contributed by atoms with Gasteiger partial charge in [0.05, 0.1) is 0 Å². The van der Waals surface area contributed by atoms with E-state index >= 15 is 0 Å². The molecule has 4 heteroatoms. The van der Waals surface area contributed by atoms with Gasteiger partial charge in [0.25, 0.3) is 0 Å². The van der Waals surface area contributed by atoms with E-state index in [4.69, 9.17) is 11.2 Å². The van der Waals surface area contributed by atoms with E-state index in [-0.39, 0.29) is 24.8 Å². The highest BCUT2D eigenvalue weighted by molar-refractivity contribution is 5.85. The SMILES string of the molecule is C#CCOc1cccc(CNCc2ccc(F)cc2)c1.Cl. The summed E-state index contributed by atoms with van der Waals surface area (Å²) in [6.07, 6.45) is 5.16. The lowest BCUT2D eigenvalue weighted by atomic mass is 10.2. The molecule has 0 aromatic heterocycles. The minimum atomic E-state index is -0.216. The third kappa shape index (κ3) is 5.86. The molecule has 2 rings (SSSR count). The van der Waals surface area contributed by atoms with Crippen LogP contribution >= 0.6 is 12.4 Å². The second-order valence-corrected chi connectivity index (χ2v) is 4.37. The zero-order valence-electron chi connectivity index (χ0n) is 11.5. The van der Waals surface area contributed by atoms with Crippen LogP contribution in [0.25, 0.3) is 0 Å². The Balaban J connectivity index is 0.00000220. The Hall–Kier alpha value is -2.02. The molecule has 0 heterocycles. The Bertz CT molecular complexity index is 592. The predicted molar refractivity (Wildman–Crippen MR) is 85.0 cm³/mol. The van der Waals surface area contributed by atoms with Gasteiger partial charge in [0, 0.05) is 13.1 Å². The van der Waals surface area contributed by atoms with Crippen LogP contribution in [-0.2, 0) is 13.1 Å². The lowest BCUT2D eigenvalue weighted by molar-refractivity contribution is 0.370. The largest absolute Gasteiger partial charge is 0.481 e. The van der Waals surface area contributed by atoms with Crippen molar-refractivity contribution in [3.05, 3.63) is 65.5 Å². The molecule has 0 spiro atoms. The summed E-state index contributed by atoms with van der Waals surface area (Å²) in [4.78, 5) is 0. The summed E-state index contributed by atoms with van der Waals surface area (Å²) < 4.78 is 18.1. The molecule has 0 aliphatic heterocycles.